The van der Waals surface area contributed by atoms with Crippen molar-refractivity contribution in [3.63, 3.8) is 0 Å². The second kappa shape index (κ2) is 4.44. The Morgan fingerprint density at radius 1 is 1.17 bits per heavy atom. The average molecular weight is 259 g/mol. The first-order valence-electron chi connectivity index (χ1n) is 5.62. The summed E-state index contributed by atoms with van der Waals surface area (Å²) < 4.78 is 5.70. The predicted molar refractivity (Wildman–Crippen MR) is 72.3 cm³/mol. The smallest absolute Gasteiger partial charge is 0.227 e. The average Bonchev–Trinajstić information content (AvgIpc) is 2.84. The Bertz CT molecular complexity index is 706. The molecule has 0 unspecified atom stereocenters. The van der Waals surface area contributed by atoms with Crippen LogP contribution in [0.25, 0.3) is 22.6 Å². The Morgan fingerprint density at radius 2 is 2.00 bits per heavy atom. The second-order valence-electron chi connectivity index (χ2n) is 4.01. The van der Waals surface area contributed by atoms with Crippen molar-refractivity contribution in [1.29, 1.82) is 0 Å². The van der Waals surface area contributed by atoms with E-state index in [0.717, 1.165) is 16.6 Å². The molecule has 0 aliphatic carbocycles. The van der Waals surface area contributed by atoms with Gasteiger partial charge >= 0.3 is 0 Å². The van der Waals surface area contributed by atoms with E-state index in [0.29, 0.717) is 23.0 Å². The number of halogens is 1. The van der Waals surface area contributed by atoms with Gasteiger partial charge in [-0.05, 0) is 29.8 Å². The Labute approximate surface area is 109 Å². The summed E-state index contributed by atoms with van der Waals surface area (Å²) in [6, 6.07) is 13.3. The van der Waals surface area contributed by atoms with Gasteiger partial charge in [0.2, 0.25) is 5.89 Å². The lowest BCUT2D eigenvalue weighted by Gasteiger charge is -1.98. The summed E-state index contributed by atoms with van der Waals surface area (Å²) in [7, 11) is 0. The Balaban J connectivity index is 2.16. The first-order chi connectivity index (χ1) is 8.78. The predicted octanol–water partition coefficient (Wildman–Crippen LogP) is 3.61. The zero-order valence-corrected chi connectivity index (χ0v) is 10.3. The van der Waals surface area contributed by atoms with Crippen LogP contribution in [0.3, 0.4) is 0 Å². The van der Waals surface area contributed by atoms with Crippen molar-refractivity contribution in [1.82, 2.24) is 4.98 Å². The fourth-order valence-corrected chi connectivity index (χ4v) is 2.08. The number of rotatable bonds is 2. The fraction of sp³-hybridized carbons (Fsp3) is 0.0714. The molecular formula is C14H11ClN2O. The summed E-state index contributed by atoms with van der Waals surface area (Å²) in [4.78, 5) is 4.43. The van der Waals surface area contributed by atoms with Gasteiger partial charge < -0.3 is 10.2 Å². The van der Waals surface area contributed by atoms with Gasteiger partial charge in [0, 0.05) is 12.1 Å². The molecule has 0 aliphatic rings. The molecule has 0 aliphatic heterocycles. The number of nitrogens with zero attached hydrogens (tertiary/aromatic N) is 1. The van der Waals surface area contributed by atoms with E-state index in [2.05, 4.69) is 4.98 Å². The molecule has 1 heterocycles. The molecule has 0 saturated carbocycles. The van der Waals surface area contributed by atoms with Crippen LogP contribution >= 0.6 is 11.6 Å². The van der Waals surface area contributed by atoms with Crippen molar-refractivity contribution < 1.29 is 4.42 Å². The second-order valence-corrected chi connectivity index (χ2v) is 4.42. The van der Waals surface area contributed by atoms with E-state index in [1.807, 2.05) is 36.4 Å². The molecule has 0 amide bonds. The van der Waals surface area contributed by atoms with E-state index in [1.54, 1.807) is 6.07 Å². The minimum Gasteiger partial charge on any atom is -0.435 e. The highest BCUT2D eigenvalue weighted by molar-refractivity contribution is 6.34. The molecule has 0 bridgehead atoms. The summed E-state index contributed by atoms with van der Waals surface area (Å²) >= 11 is 6.06. The molecule has 4 heteroatoms. The van der Waals surface area contributed by atoms with E-state index >= 15 is 0 Å². The quantitative estimate of drug-likeness (QED) is 0.764. The van der Waals surface area contributed by atoms with E-state index in [9.17, 15) is 0 Å². The van der Waals surface area contributed by atoms with Gasteiger partial charge in [-0.1, -0.05) is 29.8 Å². The van der Waals surface area contributed by atoms with Crippen LogP contribution < -0.4 is 5.73 Å². The van der Waals surface area contributed by atoms with E-state index in [4.69, 9.17) is 21.8 Å². The highest BCUT2D eigenvalue weighted by Gasteiger charge is 2.10. The normalized spacial score (nSPS) is 11.0. The monoisotopic (exact) mass is 258 g/mol. The van der Waals surface area contributed by atoms with Gasteiger partial charge in [-0.3, -0.25) is 0 Å². The first-order valence-corrected chi connectivity index (χ1v) is 6.00. The van der Waals surface area contributed by atoms with Crippen molar-refractivity contribution in [2.75, 3.05) is 0 Å². The summed E-state index contributed by atoms with van der Waals surface area (Å²) in [6.07, 6.45) is 0. The largest absolute Gasteiger partial charge is 0.435 e. The number of fused-ring (bicyclic) bond motifs is 1. The number of para-hydroxylation sites is 1. The summed E-state index contributed by atoms with van der Waals surface area (Å²) in [5.74, 6) is 0.563. The molecule has 2 N–H and O–H groups in total. The van der Waals surface area contributed by atoms with E-state index in [-0.39, 0.29) is 0 Å². The Kier molecular flexibility index (Phi) is 2.78. The molecule has 18 heavy (non-hydrogen) atoms. The fourth-order valence-electron chi connectivity index (χ4n) is 1.87. The molecule has 1 aromatic heterocycles. The number of oxazole rings is 1. The molecule has 3 aromatic rings. The zero-order chi connectivity index (χ0) is 12.5. The molecule has 0 spiro atoms. The molecule has 0 atom stereocenters. The van der Waals surface area contributed by atoms with Crippen LogP contribution in [0.5, 0.6) is 0 Å². The van der Waals surface area contributed by atoms with Gasteiger partial charge in [0.05, 0.1) is 5.02 Å². The van der Waals surface area contributed by atoms with Crippen LogP contribution in [0.2, 0.25) is 5.02 Å². The molecule has 3 nitrogen and oxygen atoms in total. The number of hydrogen-bond acceptors (Lipinski definition) is 3. The van der Waals surface area contributed by atoms with Crippen molar-refractivity contribution in [3.05, 3.63) is 53.1 Å². The number of hydrogen-bond donors (Lipinski definition) is 1. The first kappa shape index (κ1) is 11.3. The van der Waals surface area contributed by atoms with Crippen molar-refractivity contribution in [2.24, 2.45) is 5.73 Å². The van der Waals surface area contributed by atoms with Gasteiger partial charge in [-0.2, -0.15) is 0 Å². The highest BCUT2D eigenvalue weighted by atomic mass is 35.5. The molecule has 0 saturated heterocycles. The van der Waals surface area contributed by atoms with Gasteiger partial charge in [0.1, 0.15) is 5.52 Å². The standard InChI is InChI=1S/C14H11ClN2O/c15-11-5-2-6-12-13(11)18-14(17-12)10-4-1-3-9(7-10)8-16/h1-7H,8,16H2. The molecule has 90 valence electrons. The van der Waals surface area contributed by atoms with Crippen LogP contribution in [0, 0.1) is 0 Å². The maximum absolute atomic E-state index is 6.06. The summed E-state index contributed by atoms with van der Waals surface area (Å²) in [6.45, 7) is 0.495. The third kappa shape index (κ3) is 1.88. The van der Waals surface area contributed by atoms with Crippen molar-refractivity contribution >= 4 is 22.7 Å². The number of nitrogens with two attached hydrogens (primary N) is 1. The van der Waals surface area contributed by atoms with Crippen LogP contribution in [0.4, 0.5) is 0 Å². The molecule has 2 aromatic carbocycles. The van der Waals surface area contributed by atoms with Crippen molar-refractivity contribution in [2.45, 2.75) is 6.54 Å². The summed E-state index contributed by atoms with van der Waals surface area (Å²) in [5, 5.41) is 0.571. The van der Waals surface area contributed by atoms with Gasteiger partial charge in [0.15, 0.2) is 5.58 Å². The lowest BCUT2D eigenvalue weighted by molar-refractivity contribution is 0.620. The minimum absolute atomic E-state index is 0.495. The molecular weight excluding hydrogens is 248 g/mol. The number of aromatic nitrogens is 1. The van der Waals surface area contributed by atoms with Crippen molar-refractivity contribution in [3.8, 4) is 11.5 Å². The molecule has 0 radical (unpaired) electrons. The van der Waals surface area contributed by atoms with Crippen LogP contribution in [-0.4, -0.2) is 4.98 Å². The third-order valence-corrected chi connectivity index (χ3v) is 3.07. The van der Waals surface area contributed by atoms with Gasteiger partial charge in [-0.15, -0.1) is 0 Å². The van der Waals surface area contributed by atoms with E-state index in [1.165, 1.54) is 0 Å². The van der Waals surface area contributed by atoms with Crippen LogP contribution in [0.15, 0.2) is 46.9 Å². The lowest BCUT2D eigenvalue weighted by atomic mass is 10.1. The Hall–Kier alpha value is -1.84. The van der Waals surface area contributed by atoms with Gasteiger partial charge in [0.25, 0.3) is 0 Å². The molecule has 3 rings (SSSR count). The van der Waals surface area contributed by atoms with Crippen LogP contribution in [0.1, 0.15) is 5.56 Å². The summed E-state index contributed by atoms with van der Waals surface area (Å²) in [5.41, 5.74) is 8.95. The lowest BCUT2D eigenvalue weighted by Crippen LogP contribution is -1.95. The van der Waals surface area contributed by atoms with Crippen LogP contribution in [-0.2, 0) is 6.54 Å². The SMILES string of the molecule is NCc1cccc(-c2nc3cccc(Cl)c3o2)c1. The highest BCUT2D eigenvalue weighted by Crippen LogP contribution is 2.29. The van der Waals surface area contributed by atoms with E-state index < -0.39 is 0 Å². The maximum Gasteiger partial charge on any atom is 0.227 e. The number of benzene rings is 2. The topological polar surface area (TPSA) is 52.0 Å². The maximum atomic E-state index is 6.06. The molecule has 0 fully saturated rings. The zero-order valence-electron chi connectivity index (χ0n) is 9.56. The minimum atomic E-state index is 0.495. The third-order valence-electron chi connectivity index (χ3n) is 2.78. The van der Waals surface area contributed by atoms with Gasteiger partial charge in [-0.25, -0.2) is 4.98 Å². The Morgan fingerprint density at radius 3 is 2.78 bits per heavy atom.